The third kappa shape index (κ3) is 5.98. The monoisotopic (exact) mass is 281 g/mol. The Labute approximate surface area is 122 Å². The van der Waals surface area contributed by atoms with Crippen LogP contribution in [0, 0.1) is 6.92 Å². The molecule has 0 aliphatic heterocycles. The first-order valence-corrected chi connectivity index (χ1v) is 7.76. The van der Waals surface area contributed by atoms with Crippen LogP contribution in [-0.2, 0) is 6.54 Å². The summed E-state index contributed by atoms with van der Waals surface area (Å²) in [6.45, 7) is 13.5. The lowest BCUT2D eigenvalue weighted by Gasteiger charge is -2.21. The topological polar surface area (TPSA) is 32.3 Å². The van der Waals surface area contributed by atoms with E-state index < -0.39 is 0 Å². The van der Waals surface area contributed by atoms with E-state index in [0.29, 0.717) is 0 Å². The van der Waals surface area contributed by atoms with Crippen molar-refractivity contribution in [2.45, 2.75) is 69.9 Å². The predicted octanol–water partition coefficient (Wildman–Crippen LogP) is 3.74. The van der Waals surface area contributed by atoms with Crippen LogP contribution in [0.3, 0.4) is 0 Å². The number of aryl methyl sites for hydroxylation is 1. The molecule has 2 nitrogen and oxygen atoms in total. The lowest BCUT2D eigenvalue weighted by atomic mass is 10.1. The summed E-state index contributed by atoms with van der Waals surface area (Å²) in [5.41, 5.74) is 2.78. The second-order valence-corrected chi connectivity index (χ2v) is 7.71. The van der Waals surface area contributed by atoms with Gasteiger partial charge in [-0.1, -0.05) is 13.0 Å². The van der Waals surface area contributed by atoms with Crippen LogP contribution in [0.4, 0.5) is 0 Å². The molecule has 0 radical (unpaired) electrons. The van der Waals surface area contributed by atoms with Crippen LogP contribution < -0.4 is 5.32 Å². The van der Waals surface area contributed by atoms with Crippen molar-refractivity contribution in [3.8, 4) is 0 Å². The number of benzene rings is 1. The fourth-order valence-electron chi connectivity index (χ4n) is 1.61. The molecule has 0 heterocycles. The van der Waals surface area contributed by atoms with Crippen LogP contribution in [-0.4, -0.2) is 22.0 Å². The molecule has 0 amide bonds. The number of hydrogen-bond donors (Lipinski definition) is 2. The lowest BCUT2D eigenvalue weighted by molar-refractivity contribution is 0.196. The van der Waals surface area contributed by atoms with E-state index in [-0.39, 0.29) is 16.9 Å². The van der Waals surface area contributed by atoms with Crippen molar-refractivity contribution in [1.29, 1.82) is 0 Å². The van der Waals surface area contributed by atoms with Crippen molar-refractivity contribution in [3.63, 3.8) is 0 Å². The highest BCUT2D eigenvalue weighted by Gasteiger charge is 2.12. The van der Waals surface area contributed by atoms with E-state index >= 15 is 0 Å². The van der Waals surface area contributed by atoms with E-state index in [4.69, 9.17) is 0 Å². The van der Waals surface area contributed by atoms with Crippen LogP contribution in [0.25, 0.3) is 0 Å². The fourth-order valence-corrected chi connectivity index (χ4v) is 2.63. The zero-order valence-corrected chi connectivity index (χ0v) is 13.8. The minimum absolute atomic E-state index is 0.140. The highest BCUT2D eigenvalue weighted by molar-refractivity contribution is 8.00. The molecule has 108 valence electrons. The van der Waals surface area contributed by atoms with Gasteiger partial charge in [0.25, 0.3) is 0 Å². The third-order valence-corrected chi connectivity index (χ3v) is 4.42. The van der Waals surface area contributed by atoms with Gasteiger partial charge in [-0.3, -0.25) is 0 Å². The first kappa shape index (κ1) is 16.5. The van der Waals surface area contributed by atoms with Gasteiger partial charge in [0.05, 0.1) is 6.10 Å². The summed E-state index contributed by atoms with van der Waals surface area (Å²) in [7, 11) is 0. The molecular formula is C16H27NOS. The highest BCUT2D eigenvalue weighted by atomic mass is 32.2. The number of rotatable bonds is 5. The molecule has 0 bridgehead atoms. The summed E-state index contributed by atoms with van der Waals surface area (Å²) < 4.78 is 0. The average Bonchev–Trinajstić information content (AvgIpc) is 2.26. The number of thioether (sulfide) groups is 1. The average molecular weight is 281 g/mol. The standard InChI is InChI=1S/C16H27NOS/c1-11-9-15(19-13(3)12(2)18)8-7-14(11)10-17-16(4,5)6/h7-9,12-13,17-18H,10H2,1-6H3. The molecule has 0 aliphatic rings. The number of nitrogens with one attached hydrogen (secondary N) is 1. The molecule has 0 spiro atoms. The van der Waals surface area contributed by atoms with E-state index in [0.717, 1.165) is 6.54 Å². The van der Waals surface area contributed by atoms with Crippen LogP contribution >= 0.6 is 11.8 Å². The maximum Gasteiger partial charge on any atom is 0.0631 e. The maximum absolute atomic E-state index is 9.55. The molecule has 1 aromatic carbocycles. The molecule has 1 aromatic rings. The summed E-state index contributed by atoms with van der Waals surface area (Å²) >= 11 is 1.73. The minimum atomic E-state index is -0.285. The second kappa shape index (κ2) is 6.78. The quantitative estimate of drug-likeness (QED) is 0.806. The summed E-state index contributed by atoms with van der Waals surface area (Å²) in [4.78, 5) is 1.23. The van der Waals surface area contributed by atoms with Crippen LogP contribution in [0.15, 0.2) is 23.1 Å². The van der Waals surface area contributed by atoms with E-state index in [1.54, 1.807) is 11.8 Å². The van der Waals surface area contributed by atoms with Gasteiger partial charge in [-0.25, -0.2) is 0 Å². The molecule has 3 heteroatoms. The number of aliphatic hydroxyl groups excluding tert-OH is 1. The largest absolute Gasteiger partial charge is 0.392 e. The van der Waals surface area contributed by atoms with Gasteiger partial charge >= 0.3 is 0 Å². The molecule has 1 rings (SSSR count). The van der Waals surface area contributed by atoms with Crippen molar-refractivity contribution >= 4 is 11.8 Å². The molecule has 0 aliphatic carbocycles. The smallest absolute Gasteiger partial charge is 0.0631 e. The molecule has 2 unspecified atom stereocenters. The SMILES string of the molecule is Cc1cc(SC(C)C(C)O)ccc1CNC(C)(C)C. The Morgan fingerprint density at radius 1 is 1.26 bits per heavy atom. The zero-order chi connectivity index (χ0) is 14.6. The maximum atomic E-state index is 9.55. The van der Waals surface area contributed by atoms with Crippen molar-refractivity contribution in [1.82, 2.24) is 5.32 Å². The van der Waals surface area contributed by atoms with Gasteiger partial charge in [-0.2, -0.15) is 0 Å². The Balaban J connectivity index is 2.69. The Kier molecular flexibility index (Phi) is 5.90. The fraction of sp³-hybridized carbons (Fsp3) is 0.625. The van der Waals surface area contributed by atoms with Crippen LogP contribution in [0.1, 0.15) is 45.7 Å². The van der Waals surface area contributed by atoms with Gasteiger partial charge in [-0.15, -0.1) is 11.8 Å². The van der Waals surface area contributed by atoms with Crippen LogP contribution in [0.2, 0.25) is 0 Å². The Morgan fingerprint density at radius 3 is 2.37 bits per heavy atom. The van der Waals surface area contributed by atoms with Gasteiger partial charge in [0, 0.05) is 22.2 Å². The predicted molar refractivity (Wildman–Crippen MR) is 84.8 cm³/mol. The van der Waals surface area contributed by atoms with E-state index in [9.17, 15) is 5.11 Å². The van der Waals surface area contributed by atoms with E-state index in [1.807, 2.05) is 6.92 Å². The second-order valence-electron chi connectivity index (χ2n) is 6.26. The van der Waals surface area contributed by atoms with Gasteiger partial charge in [0.1, 0.15) is 0 Å². The molecule has 0 aromatic heterocycles. The lowest BCUT2D eigenvalue weighted by Crippen LogP contribution is -2.35. The number of aliphatic hydroxyl groups is 1. The Hall–Kier alpha value is -0.510. The van der Waals surface area contributed by atoms with Crippen molar-refractivity contribution in [3.05, 3.63) is 29.3 Å². The molecule has 19 heavy (non-hydrogen) atoms. The van der Waals surface area contributed by atoms with Gasteiger partial charge < -0.3 is 10.4 Å². The first-order valence-electron chi connectivity index (χ1n) is 6.88. The minimum Gasteiger partial charge on any atom is -0.392 e. The summed E-state index contributed by atoms with van der Waals surface area (Å²) in [5, 5.41) is 13.3. The molecular weight excluding hydrogens is 254 g/mol. The van der Waals surface area contributed by atoms with Crippen molar-refractivity contribution in [2.24, 2.45) is 0 Å². The molecule has 2 N–H and O–H groups in total. The van der Waals surface area contributed by atoms with E-state index in [2.05, 4.69) is 58.1 Å². The Morgan fingerprint density at radius 2 is 1.89 bits per heavy atom. The third-order valence-electron chi connectivity index (χ3n) is 3.12. The van der Waals surface area contributed by atoms with Gasteiger partial charge in [0.15, 0.2) is 0 Å². The first-order chi connectivity index (χ1) is 8.69. The number of hydrogen-bond acceptors (Lipinski definition) is 3. The molecule has 0 saturated carbocycles. The highest BCUT2D eigenvalue weighted by Crippen LogP contribution is 2.27. The van der Waals surface area contributed by atoms with Crippen molar-refractivity contribution < 1.29 is 5.11 Å². The molecule has 0 saturated heterocycles. The molecule has 2 atom stereocenters. The summed E-state index contributed by atoms with van der Waals surface area (Å²) in [5.74, 6) is 0. The van der Waals surface area contributed by atoms with E-state index in [1.165, 1.54) is 16.0 Å². The molecule has 0 fully saturated rings. The van der Waals surface area contributed by atoms with Gasteiger partial charge in [-0.05, 0) is 57.9 Å². The van der Waals surface area contributed by atoms with Crippen molar-refractivity contribution in [2.75, 3.05) is 0 Å². The van der Waals surface area contributed by atoms with Crippen LogP contribution in [0.5, 0.6) is 0 Å². The Bertz CT molecular complexity index is 410. The summed E-state index contributed by atoms with van der Waals surface area (Å²) in [6, 6.07) is 6.55. The normalized spacial score (nSPS) is 15.3. The van der Waals surface area contributed by atoms with Gasteiger partial charge in [0.2, 0.25) is 0 Å². The zero-order valence-electron chi connectivity index (χ0n) is 12.9. The summed E-state index contributed by atoms with van der Waals surface area (Å²) in [6.07, 6.45) is -0.285.